The molecule has 0 amide bonds. The topological polar surface area (TPSA) is 44.2 Å². The zero-order valence-electron chi connectivity index (χ0n) is 18.7. The van der Waals surface area contributed by atoms with Gasteiger partial charge in [0.25, 0.3) is 0 Å². The highest BCUT2D eigenvalue weighted by molar-refractivity contribution is 6.14. The van der Waals surface area contributed by atoms with Gasteiger partial charge in [-0.1, -0.05) is 72.3 Å². The summed E-state index contributed by atoms with van der Waals surface area (Å²) in [7, 11) is 0. The van der Waals surface area contributed by atoms with Crippen LogP contribution in [-0.4, -0.2) is 5.97 Å². The Morgan fingerprint density at radius 3 is 2.06 bits per heavy atom. The van der Waals surface area contributed by atoms with E-state index in [1.54, 1.807) is 12.1 Å². The highest BCUT2D eigenvalue weighted by Gasteiger charge is 2.25. The Morgan fingerprint density at radius 1 is 0.647 bits per heavy atom. The fourth-order valence-corrected chi connectivity index (χ4v) is 4.92. The number of carbonyl (C=O) groups excluding carboxylic acids is 1. The lowest BCUT2D eigenvalue weighted by Crippen LogP contribution is -2.32. The van der Waals surface area contributed by atoms with Crippen molar-refractivity contribution < 1.29 is 14.3 Å². The molecule has 0 saturated carbocycles. The first-order valence-corrected chi connectivity index (χ1v) is 11.3. The number of carboxylic acids is 1. The van der Waals surface area contributed by atoms with Crippen molar-refractivity contribution in [3.8, 4) is 22.4 Å². The van der Waals surface area contributed by atoms with Crippen molar-refractivity contribution >= 4 is 33.2 Å². The number of pyridine rings is 2. The molecule has 0 unspecified atom stereocenters. The van der Waals surface area contributed by atoms with E-state index in [-0.39, 0.29) is 5.56 Å². The van der Waals surface area contributed by atoms with Crippen molar-refractivity contribution in [1.29, 1.82) is 0 Å². The van der Waals surface area contributed by atoms with Gasteiger partial charge in [-0.25, -0.2) is 0 Å². The minimum atomic E-state index is -1.18. The van der Waals surface area contributed by atoms with E-state index in [1.165, 1.54) is 0 Å². The fraction of sp³-hybridized carbons (Fsp3) is 0.0323. The summed E-state index contributed by atoms with van der Waals surface area (Å²) in [6, 6.07) is 36.5. The summed E-state index contributed by atoms with van der Waals surface area (Å²) in [5.74, 6) is -1.18. The van der Waals surface area contributed by atoms with Crippen LogP contribution in [0.1, 0.15) is 15.9 Å². The number of hydrogen-bond donors (Lipinski definition) is 0. The average molecular weight is 440 g/mol. The van der Waals surface area contributed by atoms with E-state index in [0.29, 0.717) is 5.52 Å². The van der Waals surface area contributed by atoms with Crippen LogP contribution < -0.4 is 9.51 Å². The van der Waals surface area contributed by atoms with Crippen molar-refractivity contribution in [3.63, 3.8) is 0 Å². The molecule has 0 fully saturated rings. The van der Waals surface area contributed by atoms with E-state index in [2.05, 4.69) is 65.9 Å². The van der Waals surface area contributed by atoms with Crippen molar-refractivity contribution in [2.24, 2.45) is 0 Å². The maximum absolute atomic E-state index is 12.3. The maximum Gasteiger partial charge on any atom is 0.228 e. The SMILES string of the molecule is Cc1ccc2c(c1)c1cccc(C(=O)[O-])c1[n+]1c(-c3ccccc3)cc(-c3ccccc3)cc21. The first-order valence-electron chi connectivity index (χ1n) is 11.3. The average Bonchev–Trinajstić information content (AvgIpc) is 2.88. The number of aromatic nitrogens is 1. The molecule has 0 aliphatic heterocycles. The van der Waals surface area contributed by atoms with Crippen molar-refractivity contribution in [2.45, 2.75) is 6.92 Å². The smallest absolute Gasteiger partial charge is 0.228 e. The van der Waals surface area contributed by atoms with E-state index >= 15 is 0 Å². The third-order valence-corrected chi connectivity index (χ3v) is 6.46. The van der Waals surface area contributed by atoms with Gasteiger partial charge in [0.05, 0.1) is 22.3 Å². The summed E-state index contributed by atoms with van der Waals surface area (Å²) < 4.78 is 2.08. The van der Waals surface area contributed by atoms with Gasteiger partial charge in [-0.05, 0) is 48.4 Å². The second-order valence-corrected chi connectivity index (χ2v) is 8.62. The predicted octanol–water partition coefficient (Wildman–Crippen LogP) is 5.74. The fourth-order valence-electron chi connectivity index (χ4n) is 4.92. The number of para-hydroxylation sites is 1. The Labute approximate surface area is 197 Å². The van der Waals surface area contributed by atoms with E-state index < -0.39 is 5.97 Å². The van der Waals surface area contributed by atoms with Crippen molar-refractivity contribution in [3.05, 3.63) is 120 Å². The van der Waals surface area contributed by atoms with Crippen LogP contribution in [0.2, 0.25) is 0 Å². The molecule has 2 aromatic heterocycles. The minimum absolute atomic E-state index is 0.181. The summed E-state index contributed by atoms with van der Waals surface area (Å²) in [6.07, 6.45) is 0. The molecular formula is C31H21NO2. The van der Waals surface area contributed by atoms with Crippen LogP contribution in [0, 0.1) is 6.92 Å². The van der Waals surface area contributed by atoms with E-state index in [0.717, 1.165) is 49.6 Å². The lowest BCUT2D eigenvalue weighted by atomic mass is 9.96. The molecule has 6 rings (SSSR count). The number of carboxylic acid groups (broad SMARTS) is 1. The molecule has 0 spiro atoms. The highest BCUT2D eigenvalue weighted by atomic mass is 16.4. The third-order valence-electron chi connectivity index (χ3n) is 6.46. The molecule has 0 aliphatic carbocycles. The normalized spacial score (nSPS) is 11.3. The molecule has 0 saturated heterocycles. The minimum Gasteiger partial charge on any atom is -0.545 e. The number of aryl methyl sites for hydroxylation is 1. The zero-order chi connectivity index (χ0) is 23.2. The van der Waals surface area contributed by atoms with Gasteiger partial charge in [-0.15, -0.1) is 0 Å². The standard InChI is InChI=1S/C31H21NO2/c1-20-15-16-24-27(17-20)25-13-8-14-26(31(33)34)30(25)32-28(22-11-6-3-7-12-22)18-23(19-29(24)32)21-9-4-2-5-10-21/h2-19H,1H3. The van der Waals surface area contributed by atoms with Crippen LogP contribution in [0.5, 0.6) is 0 Å². The Bertz CT molecular complexity index is 1720. The number of hydrogen-bond acceptors (Lipinski definition) is 2. The van der Waals surface area contributed by atoms with Crippen LogP contribution >= 0.6 is 0 Å². The molecule has 0 radical (unpaired) electrons. The number of carbonyl (C=O) groups is 1. The van der Waals surface area contributed by atoms with E-state index in [1.807, 2.05) is 42.5 Å². The van der Waals surface area contributed by atoms with Gasteiger partial charge < -0.3 is 9.90 Å². The summed E-state index contributed by atoms with van der Waals surface area (Å²) in [5.41, 5.74) is 7.03. The van der Waals surface area contributed by atoms with Gasteiger partial charge in [0.1, 0.15) is 0 Å². The lowest BCUT2D eigenvalue weighted by molar-refractivity contribution is -0.468. The van der Waals surface area contributed by atoms with Crippen LogP contribution in [0.4, 0.5) is 0 Å². The molecule has 2 heterocycles. The summed E-state index contributed by atoms with van der Waals surface area (Å²) in [5, 5.41) is 15.3. The summed E-state index contributed by atoms with van der Waals surface area (Å²) in [6.45, 7) is 2.06. The molecule has 0 atom stereocenters. The van der Waals surface area contributed by atoms with Gasteiger partial charge in [-0.3, -0.25) is 0 Å². The zero-order valence-corrected chi connectivity index (χ0v) is 18.7. The molecule has 162 valence electrons. The second kappa shape index (κ2) is 7.82. The number of nitrogens with zero attached hydrogens (tertiary/aromatic N) is 1. The first kappa shape index (κ1) is 20.1. The Kier molecular flexibility index (Phi) is 4.63. The van der Waals surface area contributed by atoms with Crippen molar-refractivity contribution in [2.75, 3.05) is 0 Å². The molecule has 4 aromatic carbocycles. The number of benzene rings is 4. The van der Waals surface area contributed by atoms with E-state index in [4.69, 9.17) is 0 Å². The molecule has 6 aromatic rings. The molecule has 3 heteroatoms. The van der Waals surface area contributed by atoms with Crippen LogP contribution in [0.15, 0.2) is 109 Å². The number of rotatable bonds is 3. The first-order chi connectivity index (χ1) is 16.6. The van der Waals surface area contributed by atoms with Gasteiger partial charge in [0.15, 0.2) is 0 Å². The Balaban J connectivity index is 1.92. The number of aromatic carboxylic acids is 1. The Hall–Kier alpha value is -4.50. The quantitative estimate of drug-likeness (QED) is 0.261. The summed E-state index contributed by atoms with van der Waals surface area (Å²) in [4.78, 5) is 12.3. The van der Waals surface area contributed by atoms with Crippen LogP contribution in [-0.2, 0) is 0 Å². The van der Waals surface area contributed by atoms with Crippen LogP contribution in [0.3, 0.4) is 0 Å². The maximum atomic E-state index is 12.3. The molecular weight excluding hydrogens is 418 g/mol. The molecule has 0 bridgehead atoms. The Morgan fingerprint density at radius 2 is 1.35 bits per heavy atom. The van der Waals surface area contributed by atoms with Gasteiger partial charge in [-0.2, -0.15) is 4.40 Å². The molecule has 3 nitrogen and oxygen atoms in total. The predicted molar refractivity (Wildman–Crippen MR) is 135 cm³/mol. The van der Waals surface area contributed by atoms with Crippen molar-refractivity contribution in [1.82, 2.24) is 0 Å². The van der Waals surface area contributed by atoms with Gasteiger partial charge in [0.2, 0.25) is 16.7 Å². The largest absolute Gasteiger partial charge is 0.545 e. The lowest BCUT2D eigenvalue weighted by Gasteiger charge is -2.13. The highest BCUT2D eigenvalue weighted by Crippen LogP contribution is 2.33. The van der Waals surface area contributed by atoms with Gasteiger partial charge >= 0.3 is 0 Å². The molecule has 0 aliphatic rings. The van der Waals surface area contributed by atoms with Gasteiger partial charge in [0, 0.05) is 23.1 Å². The summed E-state index contributed by atoms with van der Waals surface area (Å²) >= 11 is 0. The second-order valence-electron chi connectivity index (χ2n) is 8.62. The van der Waals surface area contributed by atoms with Crippen LogP contribution in [0.25, 0.3) is 49.6 Å². The molecule has 34 heavy (non-hydrogen) atoms. The van der Waals surface area contributed by atoms with E-state index in [9.17, 15) is 9.90 Å². The monoisotopic (exact) mass is 439 g/mol. The third kappa shape index (κ3) is 3.13. The molecule has 0 N–H and O–H groups in total. The number of fused-ring (bicyclic) bond motifs is 6.